The topological polar surface area (TPSA) is 55.4 Å². The van der Waals surface area contributed by atoms with Crippen LogP contribution in [0.25, 0.3) is 0 Å². The van der Waals surface area contributed by atoms with Crippen molar-refractivity contribution >= 4 is 0 Å². The van der Waals surface area contributed by atoms with E-state index in [1.807, 2.05) is 34.3 Å². The first kappa shape index (κ1) is 24.2. The summed E-state index contributed by atoms with van der Waals surface area (Å²) in [5.74, 6) is 3.06. The van der Waals surface area contributed by atoms with Gasteiger partial charge < -0.3 is 34.1 Å². The largest absolute Gasteiger partial charge is 0.493 e. The Hall–Kier alpha value is -2.48. The molecule has 0 saturated heterocycles. The van der Waals surface area contributed by atoms with Crippen molar-refractivity contribution in [3.05, 3.63) is 47.0 Å². The minimum absolute atomic E-state index is 0.0468. The Morgan fingerprint density at radius 2 is 1.44 bits per heavy atom. The zero-order valence-corrected chi connectivity index (χ0v) is 20.2. The van der Waals surface area contributed by atoms with Crippen LogP contribution in [0, 0.1) is 0 Å². The quantitative estimate of drug-likeness (QED) is 0.573. The summed E-state index contributed by atoms with van der Waals surface area (Å²) in [6.45, 7) is 3.80. The molecular formula is C25H37N3O4. The predicted octanol–water partition coefficient (Wildman–Crippen LogP) is 2.82. The Bertz CT molecular complexity index is 886. The minimum atomic E-state index is 0.0468. The lowest BCUT2D eigenvalue weighted by atomic mass is 9.89. The first-order chi connectivity index (χ1) is 15.4. The van der Waals surface area contributed by atoms with Crippen LogP contribution in [0.5, 0.6) is 23.0 Å². The maximum atomic E-state index is 6.07. The number of nitrogens with one attached hydrogen (secondary N) is 1. The first-order valence-corrected chi connectivity index (χ1v) is 11.1. The van der Waals surface area contributed by atoms with Gasteiger partial charge in [0, 0.05) is 19.6 Å². The van der Waals surface area contributed by atoms with Crippen molar-refractivity contribution in [2.45, 2.75) is 12.5 Å². The summed E-state index contributed by atoms with van der Waals surface area (Å²) in [5.41, 5.74) is 3.61. The number of fused-ring (bicyclic) bond motifs is 1. The highest BCUT2D eigenvalue weighted by atomic mass is 16.5. The summed E-state index contributed by atoms with van der Waals surface area (Å²) in [5, 5.41) is 3.65. The van der Waals surface area contributed by atoms with Gasteiger partial charge in [0.1, 0.15) is 13.2 Å². The number of hydrogen-bond donors (Lipinski definition) is 1. The molecule has 1 N–H and O–H groups in total. The van der Waals surface area contributed by atoms with Gasteiger partial charge in [-0.05, 0) is 75.6 Å². The van der Waals surface area contributed by atoms with Crippen LogP contribution in [0.15, 0.2) is 30.3 Å². The highest BCUT2D eigenvalue weighted by molar-refractivity contribution is 5.53. The number of hydrogen-bond acceptors (Lipinski definition) is 7. The average Bonchev–Trinajstić information content (AvgIpc) is 2.78. The van der Waals surface area contributed by atoms with Crippen LogP contribution in [0.2, 0.25) is 0 Å². The van der Waals surface area contributed by atoms with Gasteiger partial charge in [0.15, 0.2) is 23.0 Å². The molecule has 0 fully saturated rings. The maximum absolute atomic E-state index is 6.07. The van der Waals surface area contributed by atoms with Crippen LogP contribution in [0.3, 0.4) is 0 Å². The third kappa shape index (κ3) is 6.06. The smallest absolute Gasteiger partial charge is 0.161 e. The molecule has 3 rings (SSSR count). The summed E-state index contributed by atoms with van der Waals surface area (Å²) in [6, 6.07) is 10.5. The van der Waals surface area contributed by atoms with E-state index in [-0.39, 0.29) is 6.04 Å². The lowest BCUT2D eigenvalue weighted by molar-refractivity contribution is 0.250. The zero-order chi connectivity index (χ0) is 23.1. The van der Waals surface area contributed by atoms with Crippen molar-refractivity contribution in [3.8, 4) is 23.0 Å². The second-order valence-corrected chi connectivity index (χ2v) is 8.55. The molecule has 1 atom stereocenters. The number of rotatable bonds is 11. The molecule has 1 aliphatic rings. The van der Waals surface area contributed by atoms with E-state index in [4.69, 9.17) is 18.9 Å². The van der Waals surface area contributed by atoms with E-state index in [1.54, 1.807) is 14.2 Å². The Morgan fingerprint density at radius 1 is 0.812 bits per heavy atom. The van der Waals surface area contributed by atoms with E-state index >= 15 is 0 Å². The summed E-state index contributed by atoms with van der Waals surface area (Å²) in [4.78, 5) is 4.19. The Morgan fingerprint density at radius 3 is 2.06 bits per heavy atom. The van der Waals surface area contributed by atoms with E-state index in [2.05, 4.69) is 39.4 Å². The number of nitrogens with zero attached hydrogens (tertiary/aromatic N) is 2. The monoisotopic (exact) mass is 443 g/mol. The van der Waals surface area contributed by atoms with Gasteiger partial charge in [-0.15, -0.1) is 0 Å². The molecule has 7 nitrogen and oxygen atoms in total. The normalized spacial score (nSPS) is 15.6. The lowest BCUT2D eigenvalue weighted by Crippen LogP contribution is -2.30. The van der Waals surface area contributed by atoms with Gasteiger partial charge in [-0.2, -0.15) is 0 Å². The van der Waals surface area contributed by atoms with E-state index in [0.29, 0.717) is 13.2 Å². The summed E-state index contributed by atoms with van der Waals surface area (Å²) in [7, 11) is 11.5. The molecule has 2 aromatic carbocycles. The van der Waals surface area contributed by atoms with Gasteiger partial charge in [-0.1, -0.05) is 6.07 Å². The molecule has 32 heavy (non-hydrogen) atoms. The van der Waals surface area contributed by atoms with Crippen LogP contribution in [0.1, 0.15) is 22.7 Å². The highest BCUT2D eigenvalue weighted by Gasteiger charge is 2.25. The Kier molecular flexibility index (Phi) is 8.61. The second kappa shape index (κ2) is 11.4. The fraction of sp³-hybridized carbons (Fsp3) is 0.520. The van der Waals surface area contributed by atoms with Crippen LogP contribution in [-0.4, -0.2) is 85.1 Å². The maximum Gasteiger partial charge on any atom is 0.161 e. The molecule has 0 radical (unpaired) electrons. The summed E-state index contributed by atoms with van der Waals surface area (Å²) in [6.07, 6.45) is 0.947. The van der Waals surface area contributed by atoms with E-state index in [9.17, 15) is 0 Å². The zero-order valence-electron chi connectivity index (χ0n) is 20.2. The SMILES string of the molecule is COc1cc(C2NCCc3cc(OC)c(OCCN(C)C)cc32)ccc1OCCN(C)C. The third-order valence-corrected chi connectivity index (χ3v) is 5.59. The molecule has 176 valence electrons. The molecular weight excluding hydrogens is 406 g/mol. The van der Waals surface area contributed by atoms with E-state index in [1.165, 1.54) is 11.1 Å². The van der Waals surface area contributed by atoms with Crippen LogP contribution >= 0.6 is 0 Å². The standard InChI is InChI=1S/C25H37N3O4/c1-27(2)11-13-31-21-8-7-19(16-22(21)29-5)25-20-17-24(32-14-12-28(3)4)23(30-6)15-18(20)9-10-26-25/h7-8,15-17,25-26H,9-14H2,1-6H3. The first-order valence-electron chi connectivity index (χ1n) is 11.1. The van der Waals surface area contributed by atoms with Crippen molar-refractivity contribution in [2.24, 2.45) is 0 Å². The molecule has 0 aliphatic carbocycles. The Labute approximate surface area is 192 Å². The van der Waals surface area contributed by atoms with Crippen molar-refractivity contribution in [3.63, 3.8) is 0 Å². The van der Waals surface area contributed by atoms with Gasteiger partial charge >= 0.3 is 0 Å². The molecule has 0 amide bonds. The van der Waals surface area contributed by atoms with Gasteiger partial charge in [-0.25, -0.2) is 0 Å². The summed E-state index contributed by atoms with van der Waals surface area (Å²) >= 11 is 0. The molecule has 7 heteroatoms. The van der Waals surface area contributed by atoms with Crippen LogP contribution in [0.4, 0.5) is 0 Å². The fourth-order valence-corrected chi connectivity index (χ4v) is 3.79. The van der Waals surface area contributed by atoms with Crippen molar-refractivity contribution in [1.29, 1.82) is 0 Å². The number of methoxy groups -OCH3 is 2. The van der Waals surface area contributed by atoms with Gasteiger partial charge in [0.25, 0.3) is 0 Å². The minimum Gasteiger partial charge on any atom is -0.493 e. The molecule has 0 bridgehead atoms. The highest BCUT2D eigenvalue weighted by Crippen LogP contribution is 2.39. The Balaban J connectivity index is 1.87. The molecule has 2 aromatic rings. The molecule has 0 aromatic heterocycles. The molecule has 0 saturated carbocycles. The number of ether oxygens (including phenoxy) is 4. The van der Waals surface area contributed by atoms with Crippen LogP contribution < -0.4 is 24.3 Å². The average molecular weight is 444 g/mol. The second-order valence-electron chi connectivity index (χ2n) is 8.55. The molecule has 1 unspecified atom stereocenters. The molecule has 1 aliphatic heterocycles. The van der Waals surface area contributed by atoms with Gasteiger partial charge in [0.05, 0.1) is 20.3 Å². The predicted molar refractivity (Wildman–Crippen MR) is 128 cm³/mol. The number of likely N-dealkylation sites (N-methyl/N-ethyl adjacent to an activating group) is 2. The lowest BCUT2D eigenvalue weighted by Gasteiger charge is -2.29. The molecule has 0 spiro atoms. The van der Waals surface area contributed by atoms with Crippen molar-refractivity contribution < 1.29 is 18.9 Å². The van der Waals surface area contributed by atoms with Crippen molar-refractivity contribution in [1.82, 2.24) is 15.1 Å². The van der Waals surface area contributed by atoms with Gasteiger partial charge in [0.2, 0.25) is 0 Å². The van der Waals surface area contributed by atoms with Gasteiger partial charge in [-0.3, -0.25) is 0 Å². The third-order valence-electron chi connectivity index (χ3n) is 5.59. The molecule has 1 heterocycles. The summed E-state index contributed by atoms with van der Waals surface area (Å²) < 4.78 is 23.3. The fourth-order valence-electron chi connectivity index (χ4n) is 3.79. The van der Waals surface area contributed by atoms with Crippen molar-refractivity contribution in [2.75, 3.05) is 75.3 Å². The van der Waals surface area contributed by atoms with Crippen LogP contribution in [-0.2, 0) is 6.42 Å². The number of benzene rings is 2. The van der Waals surface area contributed by atoms with E-state index in [0.717, 1.165) is 54.6 Å². The van der Waals surface area contributed by atoms with E-state index < -0.39 is 0 Å².